The number of fused-ring (bicyclic) bond motifs is 3. The highest BCUT2D eigenvalue weighted by Gasteiger charge is 2.62. The van der Waals surface area contributed by atoms with E-state index in [0.29, 0.717) is 13.0 Å². The van der Waals surface area contributed by atoms with Crippen molar-refractivity contribution in [3.05, 3.63) is 40.4 Å². The summed E-state index contributed by atoms with van der Waals surface area (Å²) in [6.45, 7) is 0.525. The van der Waals surface area contributed by atoms with Crippen LogP contribution in [0, 0.1) is 23.0 Å². The highest BCUT2D eigenvalue weighted by Crippen LogP contribution is 2.48. The van der Waals surface area contributed by atoms with Gasteiger partial charge in [0.15, 0.2) is 5.82 Å². The number of nitrogen functional groups attached to an aromatic ring is 1. The molecular weight excluding hydrogens is 805 g/mol. The van der Waals surface area contributed by atoms with Crippen LogP contribution in [0.25, 0.3) is 32.1 Å². The maximum atomic E-state index is 17.1. The normalized spacial score (nSPS) is 24.1. The van der Waals surface area contributed by atoms with Gasteiger partial charge in [0.25, 0.3) is 6.10 Å². The van der Waals surface area contributed by atoms with Crippen LogP contribution in [0.3, 0.4) is 0 Å². The van der Waals surface area contributed by atoms with Crippen LogP contribution in [0.2, 0.25) is 5.02 Å². The smallest absolute Gasteiger partial charge is 0.434 e. The number of rotatable bonds is 6. The lowest BCUT2D eigenvalue weighted by atomic mass is 9.84. The molecule has 56 heavy (non-hydrogen) atoms. The van der Waals surface area contributed by atoms with Crippen molar-refractivity contribution >= 4 is 60.8 Å². The highest BCUT2D eigenvalue weighted by molar-refractivity contribution is 7.23. The fraction of sp³-hybridized carbons (Fsp3) is 0.486. The SMILES string of the molecule is N#Cc1c(N)sc2c(F)ccc(-c3c(Cl)cc4c(N5CCC6(CCN6C(=O)OC(C(F)(F)F)C(F)(F)F)C5)nc(OC[C@@]56CCCN5C[C@H](F)C6)nc4c3F)c12. The lowest BCUT2D eigenvalue weighted by Crippen LogP contribution is -2.64. The Kier molecular flexibility index (Phi) is 9.12. The fourth-order valence-corrected chi connectivity index (χ4v) is 9.88. The van der Waals surface area contributed by atoms with Crippen molar-refractivity contribution in [3.63, 3.8) is 0 Å². The first-order valence-electron chi connectivity index (χ1n) is 17.3. The van der Waals surface area contributed by atoms with Gasteiger partial charge in [-0.25, -0.2) is 18.0 Å². The molecule has 3 atom stereocenters. The zero-order valence-electron chi connectivity index (χ0n) is 28.8. The summed E-state index contributed by atoms with van der Waals surface area (Å²) in [5, 5.41) is 9.71. The summed E-state index contributed by atoms with van der Waals surface area (Å²) < 4.78 is 136. The molecule has 6 heterocycles. The molecule has 0 radical (unpaired) electrons. The number of hydrogen-bond acceptors (Lipinski definition) is 10. The van der Waals surface area contributed by atoms with Gasteiger partial charge in [-0.05, 0) is 49.9 Å². The van der Waals surface area contributed by atoms with E-state index in [2.05, 4.69) is 14.7 Å². The number of alkyl halides is 7. The van der Waals surface area contributed by atoms with Crippen molar-refractivity contribution in [1.82, 2.24) is 19.8 Å². The quantitative estimate of drug-likeness (QED) is 0.192. The second kappa shape index (κ2) is 13.3. The summed E-state index contributed by atoms with van der Waals surface area (Å²) in [5.74, 6) is -1.69. The molecule has 4 saturated heterocycles. The van der Waals surface area contributed by atoms with Gasteiger partial charge in [-0.2, -0.15) is 41.6 Å². The summed E-state index contributed by atoms with van der Waals surface area (Å²) >= 11 is 7.56. The predicted octanol–water partition coefficient (Wildman–Crippen LogP) is 8.14. The van der Waals surface area contributed by atoms with E-state index in [1.807, 2.05) is 11.0 Å². The first kappa shape index (κ1) is 38.4. The summed E-state index contributed by atoms with van der Waals surface area (Å²) in [6.07, 6.45) is -17.2. The Morgan fingerprint density at radius 1 is 1.11 bits per heavy atom. The minimum Gasteiger partial charge on any atom is -0.461 e. The topological polar surface area (TPSA) is 121 Å². The minimum atomic E-state index is -5.91. The van der Waals surface area contributed by atoms with Gasteiger partial charge >= 0.3 is 24.5 Å². The Morgan fingerprint density at radius 2 is 1.84 bits per heavy atom. The highest BCUT2D eigenvalue weighted by atomic mass is 35.5. The maximum absolute atomic E-state index is 17.1. The fourth-order valence-electron chi connectivity index (χ4n) is 8.64. The molecule has 1 amide bonds. The average Bonchev–Trinajstić information content (AvgIpc) is 3.87. The Balaban J connectivity index is 1.20. The maximum Gasteiger partial charge on any atom is 0.434 e. The molecule has 2 N–H and O–H groups in total. The van der Waals surface area contributed by atoms with Gasteiger partial charge in [-0.3, -0.25) is 4.90 Å². The van der Waals surface area contributed by atoms with Crippen LogP contribution in [0.5, 0.6) is 6.01 Å². The third-order valence-corrected chi connectivity index (χ3v) is 12.6. The Bertz CT molecular complexity index is 2310. The third-order valence-electron chi connectivity index (χ3n) is 11.3. The van der Waals surface area contributed by atoms with Crippen molar-refractivity contribution in [2.24, 2.45) is 0 Å². The minimum absolute atomic E-state index is 0.00144. The zero-order chi connectivity index (χ0) is 40.1. The van der Waals surface area contributed by atoms with E-state index >= 15 is 4.39 Å². The number of hydrogen-bond donors (Lipinski definition) is 1. The molecule has 2 aromatic heterocycles. The predicted molar refractivity (Wildman–Crippen MR) is 186 cm³/mol. The molecule has 4 aliphatic heterocycles. The summed E-state index contributed by atoms with van der Waals surface area (Å²) in [5.41, 5.74) is 3.47. The molecule has 10 nitrogen and oxygen atoms in total. The van der Waals surface area contributed by atoms with Gasteiger partial charge < -0.3 is 25.0 Å². The molecular formula is C35H29ClF9N7O3S. The summed E-state index contributed by atoms with van der Waals surface area (Å²) in [6, 6.07) is 5.26. The molecule has 0 aliphatic carbocycles. The van der Waals surface area contributed by atoms with E-state index in [-0.39, 0.29) is 112 Å². The monoisotopic (exact) mass is 833 g/mol. The van der Waals surface area contributed by atoms with Crippen LogP contribution < -0.4 is 15.4 Å². The van der Waals surface area contributed by atoms with Crippen LogP contribution in [-0.2, 0) is 4.74 Å². The number of likely N-dealkylation sites (tertiary alicyclic amines) is 1. The first-order chi connectivity index (χ1) is 26.4. The van der Waals surface area contributed by atoms with E-state index in [1.165, 1.54) is 12.1 Å². The van der Waals surface area contributed by atoms with E-state index in [1.54, 1.807) is 4.90 Å². The number of thiophene rings is 1. The molecule has 4 aliphatic rings. The number of carbonyl (C=O) groups is 1. The van der Waals surface area contributed by atoms with Gasteiger partial charge in [0.05, 0.1) is 26.4 Å². The number of anilines is 2. The van der Waals surface area contributed by atoms with Gasteiger partial charge in [0.2, 0.25) is 0 Å². The molecule has 8 rings (SSSR count). The largest absolute Gasteiger partial charge is 0.461 e. The van der Waals surface area contributed by atoms with E-state index in [0.717, 1.165) is 28.7 Å². The lowest BCUT2D eigenvalue weighted by molar-refractivity contribution is -0.309. The number of nitrogens with zero attached hydrogens (tertiary/aromatic N) is 6. The van der Waals surface area contributed by atoms with Crippen molar-refractivity contribution < 1.29 is 53.8 Å². The Labute approximate surface area is 320 Å². The molecule has 4 aromatic rings. The van der Waals surface area contributed by atoms with E-state index < -0.39 is 53.4 Å². The van der Waals surface area contributed by atoms with Crippen LogP contribution in [0.1, 0.15) is 37.7 Å². The molecule has 298 valence electrons. The number of halogens is 10. The lowest BCUT2D eigenvalue weighted by Gasteiger charge is -2.50. The number of benzene rings is 2. The zero-order valence-corrected chi connectivity index (χ0v) is 30.4. The number of carbonyl (C=O) groups excluding carboxylic acids is 1. The Hall–Kier alpha value is -4.48. The van der Waals surface area contributed by atoms with Gasteiger partial charge in [-0.1, -0.05) is 17.7 Å². The number of nitriles is 1. The third kappa shape index (κ3) is 6.16. The van der Waals surface area contributed by atoms with Crippen molar-refractivity contribution in [2.45, 2.75) is 67.8 Å². The van der Waals surface area contributed by atoms with Crippen molar-refractivity contribution in [3.8, 4) is 23.2 Å². The number of ether oxygens (including phenoxy) is 2. The summed E-state index contributed by atoms with van der Waals surface area (Å²) in [7, 11) is 0. The number of aromatic nitrogens is 2. The van der Waals surface area contributed by atoms with Crippen molar-refractivity contribution in [1.29, 1.82) is 5.26 Å². The molecule has 21 heteroatoms. The second-order valence-corrected chi connectivity index (χ2v) is 16.0. The average molecular weight is 834 g/mol. The second-order valence-electron chi connectivity index (χ2n) is 14.5. The molecule has 2 aromatic carbocycles. The molecule has 0 bridgehead atoms. The standard InChI is InChI=1S/C35H29ClF9N7O3S/c36-20-10-18-25(24(39)23(20)17-2-3-21(38)26-22(17)19(12-46)27(47)56-26)48-30(54-15-33-4-1-7-51(33)13-16(37)11-33)49-28(18)50-8-5-32(14-50)6-9-52(32)31(53)55-29(34(40,41)42)35(43,44)45/h2-3,10,16,29H,1,4-9,11,13-15,47H2/t16-,32?,33+/m1/s1. The van der Waals surface area contributed by atoms with Crippen molar-refractivity contribution in [2.75, 3.05) is 50.0 Å². The molecule has 0 saturated carbocycles. The van der Waals surface area contributed by atoms with Crippen LogP contribution in [0.15, 0.2) is 18.2 Å². The molecule has 1 spiro atoms. The van der Waals surface area contributed by atoms with E-state index in [9.17, 15) is 45.2 Å². The molecule has 1 unspecified atom stereocenters. The van der Waals surface area contributed by atoms with Gasteiger partial charge in [0, 0.05) is 48.9 Å². The molecule has 4 fully saturated rings. The van der Waals surface area contributed by atoms with Crippen LogP contribution in [0.4, 0.5) is 55.1 Å². The summed E-state index contributed by atoms with van der Waals surface area (Å²) in [4.78, 5) is 26.2. The van der Waals surface area contributed by atoms with Crippen LogP contribution in [-0.4, -0.2) is 101 Å². The number of amides is 1. The Morgan fingerprint density at radius 3 is 2.52 bits per heavy atom. The van der Waals surface area contributed by atoms with E-state index in [4.69, 9.17) is 22.1 Å². The van der Waals surface area contributed by atoms with Crippen LogP contribution >= 0.6 is 22.9 Å². The van der Waals surface area contributed by atoms with Gasteiger partial charge in [0.1, 0.15) is 41.0 Å². The number of nitrogens with two attached hydrogens (primary N) is 1. The first-order valence-corrected chi connectivity index (χ1v) is 18.5. The van der Waals surface area contributed by atoms with Gasteiger partial charge in [-0.15, -0.1) is 11.3 Å².